The Labute approximate surface area is 125 Å². The summed E-state index contributed by atoms with van der Waals surface area (Å²) in [6.45, 7) is 1.40. The van der Waals surface area contributed by atoms with Gasteiger partial charge < -0.3 is 10.6 Å². The molecule has 2 aliphatic rings. The molecule has 0 spiro atoms. The molecule has 0 aromatic heterocycles. The quantitative estimate of drug-likeness (QED) is 0.811. The van der Waals surface area contributed by atoms with Crippen LogP contribution in [0.2, 0.25) is 5.02 Å². The summed E-state index contributed by atoms with van der Waals surface area (Å²) >= 11 is 5.92. The van der Waals surface area contributed by atoms with Crippen LogP contribution >= 0.6 is 11.6 Å². The topological polar surface area (TPSA) is 41.1 Å². The zero-order chi connectivity index (χ0) is 13.9. The van der Waals surface area contributed by atoms with E-state index in [0.29, 0.717) is 12.5 Å². The van der Waals surface area contributed by atoms with E-state index in [2.05, 4.69) is 10.6 Å². The average Bonchev–Trinajstić information content (AvgIpc) is 3.30. The highest BCUT2D eigenvalue weighted by Crippen LogP contribution is 2.41. The molecule has 2 fully saturated rings. The van der Waals surface area contributed by atoms with Crippen LogP contribution in [0, 0.1) is 11.8 Å². The number of amides is 1. The standard InChI is InChI=1S/C16H21ClN2O/c17-14-7-5-13(6-8-14)16(12-3-4-12)19-15(20)10-18-9-11-1-2-11/h5-8,11-12,16,18H,1-4,9-10H2,(H,19,20). The zero-order valence-corrected chi connectivity index (χ0v) is 12.3. The summed E-state index contributed by atoms with van der Waals surface area (Å²) in [6.07, 6.45) is 5.01. The maximum Gasteiger partial charge on any atom is 0.234 e. The average molecular weight is 293 g/mol. The molecule has 1 unspecified atom stereocenters. The summed E-state index contributed by atoms with van der Waals surface area (Å²) in [7, 11) is 0. The molecule has 3 nitrogen and oxygen atoms in total. The van der Waals surface area contributed by atoms with E-state index >= 15 is 0 Å². The molecule has 0 saturated heterocycles. The van der Waals surface area contributed by atoms with Crippen molar-refractivity contribution in [3.05, 3.63) is 34.9 Å². The maximum absolute atomic E-state index is 12.0. The van der Waals surface area contributed by atoms with Crippen LogP contribution in [-0.4, -0.2) is 19.0 Å². The Hall–Kier alpha value is -1.06. The predicted octanol–water partition coefficient (Wildman–Crippen LogP) is 2.91. The van der Waals surface area contributed by atoms with Crippen molar-refractivity contribution in [2.24, 2.45) is 11.8 Å². The third kappa shape index (κ3) is 3.97. The molecule has 108 valence electrons. The number of benzene rings is 1. The Balaban J connectivity index is 1.53. The summed E-state index contributed by atoms with van der Waals surface area (Å²) in [5, 5.41) is 7.14. The number of halogens is 1. The van der Waals surface area contributed by atoms with Gasteiger partial charge in [-0.1, -0.05) is 23.7 Å². The van der Waals surface area contributed by atoms with Crippen molar-refractivity contribution < 1.29 is 4.79 Å². The maximum atomic E-state index is 12.0. The molecule has 0 heterocycles. The fourth-order valence-corrected chi connectivity index (χ4v) is 2.64. The summed E-state index contributed by atoms with van der Waals surface area (Å²) in [6, 6.07) is 7.96. The first kappa shape index (κ1) is 13.9. The lowest BCUT2D eigenvalue weighted by molar-refractivity contribution is -0.121. The van der Waals surface area contributed by atoms with Crippen LogP contribution in [0.4, 0.5) is 0 Å². The minimum absolute atomic E-state index is 0.0949. The van der Waals surface area contributed by atoms with Gasteiger partial charge in [0.05, 0.1) is 12.6 Å². The van der Waals surface area contributed by atoms with E-state index < -0.39 is 0 Å². The van der Waals surface area contributed by atoms with E-state index in [4.69, 9.17) is 11.6 Å². The van der Waals surface area contributed by atoms with Crippen LogP contribution in [0.3, 0.4) is 0 Å². The summed E-state index contributed by atoms with van der Waals surface area (Å²) in [5.41, 5.74) is 1.16. The number of hydrogen-bond acceptors (Lipinski definition) is 2. The van der Waals surface area contributed by atoms with Gasteiger partial charge in [0.1, 0.15) is 0 Å². The molecule has 2 saturated carbocycles. The fraction of sp³-hybridized carbons (Fsp3) is 0.562. The first-order chi connectivity index (χ1) is 9.72. The van der Waals surface area contributed by atoms with Gasteiger partial charge in [0.15, 0.2) is 0 Å². The Bertz CT molecular complexity index is 466. The molecule has 20 heavy (non-hydrogen) atoms. The molecule has 0 bridgehead atoms. The predicted molar refractivity (Wildman–Crippen MR) is 80.7 cm³/mol. The fourth-order valence-electron chi connectivity index (χ4n) is 2.51. The van der Waals surface area contributed by atoms with E-state index in [1.165, 1.54) is 25.7 Å². The number of carbonyl (C=O) groups is 1. The molecular weight excluding hydrogens is 272 g/mol. The van der Waals surface area contributed by atoms with Gasteiger partial charge in [-0.2, -0.15) is 0 Å². The zero-order valence-electron chi connectivity index (χ0n) is 11.6. The first-order valence-corrected chi connectivity index (χ1v) is 7.86. The number of hydrogen-bond donors (Lipinski definition) is 2. The molecule has 2 aliphatic carbocycles. The lowest BCUT2D eigenvalue weighted by Crippen LogP contribution is -2.37. The Kier molecular flexibility index (Phi) is 4.27. The van der Waals surface area contributed by atoms with Gasteiger partial charge in [0, 0.05) is 5.02 Å². The van der Waals surface area contributed by atoms with Crippen LogP contribution in [0.5, 0.6) is 0 Å². The van der Waals surface area contributed by atoms with E-state index in [9.17, 15) is 4.79 Å². The number of rotatable bonds is 7. The van der Waals surface area contributed by atoms with Crippen LogP contribution in [0.15, 0.2) is 24.3 Å². The minimum atomic E-state index is 0.0949. The SMILES string of the molecule is O=C(CNCC1CC1)NC(c1ccc(Cl)cc1)C1CC1. The lowest BCUT2D eigenvalue weighted by Gasteiger charge is -2.19. The normalized spacial score (nSPS) is 19.6. The number of nitrogens with one attached hydrogen (secondary N) is 2. The molecule has 0 aliphatic heterocycles. The lowest BCUT2D eigenvalue weighted by atomic mass is 10.0. The highest BCUT2D eigenvalue weighted by atomic mass is 35.5. The third-order valence-corrected chi connectivity index (χ3v) is 4.31. The molecule has 1 amide bonds. The first-order valence-electron chi connectivity index (χ1n) is 7.48. The summed E-state index contributed by atoms with van der Waals surface area (Å²) in [4.78, 5) is 12.0. The van der Waals surface area contributed by atoms with Gasteiger partial charge in [0.2, 0.25) is 5.91 Å². The van der Waals surface area contributed by atoms with Crippen molar-refractivity contribution in [3.8, 4) is 0 Å². The molecule has 2 N–H and O–H groups in total. The van der Waals surface area contributed by atoms with E-state index in [-0.39, 0.29) is 11.9 Å². The van der Waals surface area contributed by atoms with E-state index in [0.717, 1.165) is 23.0 Å². The van der Waals surface area contributed by atoms with Crippen molar-refractivity contribution >= 4 is 17.5 Å². The molecule has 4 heteroatoms. The summed E-state index contributed by atoms with van der Waals surface area (Å²) in [5.74, 6) is 1.49. The molecule has 1 aromatic rings. The Morgan fingerprint density at radius 1 is 1.20 bits per heavy atom. The minimum Gasteiger partial charge on any atom is -0.348 e. The second kappa shape index (κ2) is 6.15. The van der Waals surface area contributed by atoms with E-state index in [1.54, 1.807) is 0 Å². The van der Waals surface area contributed by atoms with Gasteiger partial charge >= 0.3 is 0 Å². The Morgan fingerprint density at radius 3 is 2.50 bits per heavy atom. The van der Waals surface area contributed by atoms with Gasteiger partial charge in [-0.3, -0.25) is 4.79 Å². The molecule has 3 rings (SSSR count). The summed E-state index contributed by atoms with van der Waals surface area (Å²) < 4.78 is 0. The second-order valence-electron chi connectivity index (χ2n) is 6.01. The van der Waals surface area contributed by atoms with E-state index in [1.807, 2.05) is 24.3 Å². The largest absolute Gasteiger partial charge is 0.348 e. The highest BCUT2D eigenvalue weighted by molar-refractivity contribution is 6.30. The van der Waals surface area contributed by atoms with Crippen molar-refractivity contribution in [1.29, 1.82) is 0 Å². The van der Waals surface area contributed by atoms with Crippen LogP contribution in [-0.2, 0) is 4.79 Å². The van der Waals surface area contributed by atoms with Crippen molar-refractivity contribution in [2.45, 2.75) is 31.7 Å². The molecule has 1 atom stereocenters. The van der Waals surface area contributed by atoms with Crippen molar-refractivity contribution in [1.82, 2.24) is 10.6 Å². The highest BCUT2D eigenvalue weighted by Gasteiger charge is 2.33. The Morgan fingerprint density at radius 2 is 1.90 bits per heavy atom. The third-order valence-electron chi connectivity index (χ3n) is 4.05. The van der Waals surface area contributed by atoms with Gasteiger partial charge in [0.25, 0.3) is 0 Å². The molecule has 1 aromatic carbocycles. The van der Waals surface area contributed by atoms with Crippen LogP contribution in [0.1, 0.15) is 37.3 Å². The monoisotopic (exact) mass is 292 g/mol. The second-order valence-corrected chi connectivity index (χ2v) is 6.44. The van der Waals surface area contributed by atoms with Crippen molar-refractivity contribution in [2.75, 3.05) is 13.1 Å². The molecule has 0 radical (unpaired) electrons. The van der Waals surface area contributed by atoms with Crippen LogP contribution in [0.25, 0.3) is 0 Å². The number of carbonyl (C=O) groups excluding carboxylic acids is 1. The molecular formula is C16H21ClN2O. The smallest absolute Gasteiger partial charge is 0.234 e. The van der Waals surface area contributed by atoms with Gasteiger partial charge in [-0.15, -0.1) is 0 Å². The van der Waals surface area contributed by atoms with Gasteiger partial charge in [-0.25, -0.2) is 0 Å². The van der Waals surface area contributed by atoms with Crippen LogP contribution < -0.4 is 10.6 Å². The van der Waals surface area contributed by atoms with Gasteiger partial charge in [-0.05, 0) is 61.8 Å². The van der Waals surface area contributed by atoms with Crippen molar-refractivity contribution in [3.63, 3.8) is 0 Å².